The summed E-state index contributed by atoms with van der Waals surface area (Å²) in [6.45, 7) is 1.85. The molecule has 1 heterocycles. The zero-order valence-electron chi connectivity index (χ0n) is 12.4. The van der Waals surface area contributed by atoms with Gasteiger partial charge in [-0.05, 0) is 25.1 Å². The van der Waals surface area contributed by atoms with Gasteiger partial charge < -0.3 is 5.32 Å². The molecule has 0 spiro atoms. The molecule has 0 unspecified atom stereocenters. The topological polar surface area (TPSA) is 127 Å². The number of nitrogens with one attached hydrogen (secondary N) is 5. The summed E-state index contributed by atoms with van der Waals surface area (Å²) in [6, 6.07) is 5.33. The quantitative estimate of drug-likeness (QED) is 0.406. The molecule has 0 aromatic heterocycles. The van der Waals surface area contributed by atoms with Crippen molar-refractivity contribution < 1.29 is 14.4 Å². The number of hydrazine groups is 2. The Bertz CT molecular complexity index is 684. The van der Waals surface area contributed by atoms with Gasteiger partial charge in [-0.3, -0.25) is 10.2 Å². The number of carbonyl (C=O) groups excluding carboxylic acids is 3. The van der Waals surface area contributed by atoms with Crippen molar-refractivity contribution in [3.8, 4) is 0 Å². The van der Waals surface area contributed by atoms with Crippen molar-refractivity contribution in [3.63, 3.8) is 0 Å². The lowest BCUT2D eigenvalue weighted by molar-refractivity contribution is 0.172. The highest BCUT2D eigenvalue weighted by atomic mass is 35.5. The molecule has 0 radical (unpaired) electrons. The summed E-state index contributed by atoms with van der Waals surface area (Å²) in [4.78, 5) is 37.1. The van der Waals surface area contributed by atoms with Crippen LogP contribution in [0.5, 0.6) is 0 Å². The van der Waals surface area contributed by atoms with E-state index in [-0.39, 0.29) is 6.54 Å². The fourth-order valence-corrected chi connectivity index (χ4v) is 2.20. The highest BCUT2D eigenvalue weighted by Gasteiger charge is 2.20. The molecule has 1 aliphatic rings. The minimum Gasteiger partial charge on any atom is -0.316 e. The van der Waals surface area contributed by atoms with Crippen LogP contribution in [0.4, 0.5) is 20.1 Å². The lowest BCUT2D eigenvalue weighted by atomic mass is 10.3. The number of rotatable bonds is 4. The van der Waals surface area contributed by atoms with Crippen LogP contribution >= 0.6 is 23.5 Å². The van der Waals surface area contributed by atoms with E-state index < -0.39 is 17.3 Å². The molecule has 1 aromatic rings. The molecule has 0 atom stereocenters. The molecule has 0 fully saturated rings. The van der Waals surface area contributed by atoms with Gasteiger partial charge in [-0.25, -0.2) is 25.4 Å². The number of urea groups is 2. The Hall–Kier alpha value is -2.50. The molecule has 5 amide bonds. The zero-order chi connectivity index (χ0) is 17.5. The van der Waals surface area contributed by atoms with E-state index in [1.165, 1.54) is 0 Å². The predicted molar refractivity (Wildman–Crippen MR) is 91.2 cm³/mol. The molecule has 5 N–H and O–H groups in total. The molecule has 24 heavy (non-hydrogen) atoms. The van der Waals surface area contributed by atoms with Crippen LogP contribution in [0.25, 0.3) is 0 Å². The molecule has 128 valence electrons. The summed E-state index contributed by atoms with van der Waals surface area (Å²) in [5.74, 6) is 0. The average Bonchev–Trinajstić information content (AvgIpc) is 2.51. The first-order chi connectivity index (χ1) is 11.4. The molecule has 1 aromatic carbocycles. The smallest absolute Gasteiger partial charge is 0.316 e. The van der Waals surface area contributed by atoms with Crippen molar-refractivity contribution in [3.05, 3.63) is 29.3 Å². The monoisotopic (exact) mass is 371 g/mol. The number of anilines is 1. The van der Waals surface area contributed by atoms with Crippen LogP contribution in [0, 0.1) is 0 Å². The third-order valence-corrected chi connectivity index (χ3v) is 3.32. The van der Waals surface area contributed by atoms with Crippen molar-refractivity contribution in [2.24, 2.45) is 5.10 Å². The maximum absolute atomic E-state index is 11.7. The summed E-state index contributed by atoms with van der Waals surface area (Å²) in [5.41, 5.74) is 7.87. The fraction of sp³-hybridized carbons (Fsp3) is 0.167. The summed E-state index contributed by atoms with van der Waals surface area (Å²) in [5, 5.41) is 7.35. The van der Waals surface area contributed by atoms with Gasteiger partial charge in [0.25, 0.3) is 5.24 Å². The normalized spacial score (nSPS) is 13.7. The number of nitrogens with zero attached hydrogens (tertiary/aromatic N) is 2. The van der Waals surface area contributed by atoms with Crippen molar-refractivity contribution >= 4 is 52.2 Å². The lowest BCUT2D eigenvalue weighted by Gasteiger charge is -2.25. The Balaban J connectivity index is 1.69. The van der Waals surface area contributed by atoms with E-state index in [2.05, 4.69) is 31.5 Å². The van der Waals surface area contributed by atoms with Crippen LogP contribution in [0.15, 0.2) is 29.4 Å². The molecule has 0 bridgehead atoms. The third-order valence-electron chi connectivity index (χ3n) is 2.59. The number of hydrogen-bond donors (Lipinski definition) is 5. The summed E-state index contributed by atoms with van der Waals surface area (Å²) < 4.78 is 0. The van der Waals surface area contributed by atoms with E-state index in [1.54, 1.807) is 31.2 Å². The van der Waals surface area contributed by atoms with Crippen LogP contribution in [0.3, 0.4) is 0 Å². The van der Waals surface area contributed by atoms with Gasteiger partial charge in [0.2, 0.25) is 0 Å². The summed E-state index contributed by atoms with van der Waals surface area (Å²) >= 11 is 6.42. The number of halogens is 1. The average molecular weight is 372 g/mol. The molecule has 10 nitrogen and oxygen atoms in total. The van der Waals surface area contributed by atoms with Gasteiger partial charge in [-0.15, -0.1) is 0 Å². The first-order valence-electron chi connectivity index (χ1n) is 6.60. The molecule has 0 saturated heterocycles. The van der Waals surface area contributed by atoms with Crippen LogP contribution in [0.2, 0.25) is 5.02 Å². The largest absolute Gasteiger partial charge is 0.356 e. The minimum absolute atomic E-state index is 0.154. The van der Waals surface area contributed by atoms with E-state index in [1.807, 2.05) is 0 Å². The molecule has 1 aliphatic heterocycles. The Morgan fingerprint density at radius 3 is 2.96 bits per heavy atom. The van der Waals surface area contributed by atoms with Crippen molar-refractivity contribution in [2.75, 3.05) is 11.9 Å². The number of amides is 5. The van der Waals surface area contributed by atoms with Crippen LogP contribution < -0.4 is 26.4 Å². The lowest BCUT2D eigenvalue weighted by Crippen LogP contribution is -2.57. The number of hydrogen-bond acceptors (Lipinski definition) is 6. The highest BCUT2D eigenvalue weighted by Crippen LogP contribution is 2.16. The second-order valence-electron chi connectivity index (χ2n) is 4.54. The zero-order valence-corrected chi connectivity index (χ0v) is 14.0. The second kappa shape index (κ2) is 8.38. The van der Waals surface area contributed by atoms with Gasteiger partial charge >= 0.3 is 12.1 Å². The first kappa shape index (κ1) is 17.8. The number of benzene rings is 1. The van der Waals surface area contributed by atoms with Crippen molar-refractivity contribution in [1.82, 2.24) is 26.1 Å². The Morgan fingerprint density at radius 1 is 1.42 bits per heavy atom. The van der Waals surface area contributed by atoms with Crippen LogP contribution in [-0.2, 0) is 0 Å². The molecule has 12 heteroatoms. The maximum atomic E-state index is 11.7. The maximum Gasteiger partial charge on any atom is 0.356 e. The molecule has 0 aliphatic carbocycles. The van der Waals surface area contributed by atoms with Gasteiger partial charge in [0, 0.05) is 22.7 Å². The number of hydrazone groups is 1. The standard InChI is InChI=1S/C12H14ClN7O3S/c1-7-6-20(11(22)17-15-7)18-10(21)16-19-24-12(23)14-9-4-2-3-8(13)5-9/h2-5,19H,6H2,1H3,(H,14,23)(H,17,22)(H2,16,18,21). The summed E-state index contributed by atoms with van der Waals surface area (Å²) in [6.07, 6.45) is 0. The van der Waals surface area contributed by atoms with Gasteiger partial charge in [-0.2, -0.15) is 9.93 Å². The second-order valence-corrected chi connectivity index (χ2v) is 5.76. The van der Waals surface area contributed by atoms with Crippen LogP contribution in [-0.4, -0.2) is 34.6 Å². The first-order valence-corrected chi connectivity index (χ1v) is 7.79. The van der Waals surface area contributed by atoms with Crippen molar-refractivity contribution in [1.29, 1.82) is 0 Å². The SMILES string of the molecule is CC1=NNC(=O)N(NC(=O)NNSC(=O)Nc2cccc(Cl)c2)C1. The molecule has 0 saturated carbocycles. The van der Waals surface area contributed by atoms with E-state index >= 15 is 0 Å². The van der Waals surface area contributed by atoms with Gasteiger partial charge in [-0.1, -0.05) is 17.7 Å². The third kappa shape index (κ3) is 5.61. The summed E-state index contributed by atoms with van der Waals surface area (Å²) in [7, 11) is 0. The van der Waals surface area contributed by atoms with Gasteiger partial charge in [0.05, 0.1) is 12.3 Å². The van der Waals surface area contributed by atoms with Gasteiger partial charge in [0.15, 0.2) is 0 Å². The minimum atomic E-state index is -0.720. The fourth-order valence-electron chi connectivity index (χ4n) is 1.61. The van der Waals surface area contributed by atoms with E-state index in [4.69, 9.17) is 11.6 Å². The Labute approximate surface area is 146 Å². The molecular weight excluding hydrogens is 358 g/mol. The predicted octanol–water partition coefficient (Wildman–Crippen LogP) is 1.64. The van der Waals surface area contributed by atoms with Crippen LogP contribution in [0.1, 0.15) is 6.92 Å². The van der Waals surface area contributed by atoms with E-state index in [0.717, 1.165) is 5.01 Å². The van der Waals surface area contributed by atoms with Crippen molar-refractivity contribution in [2.45, 2.75) is 6.92 Å². The van der Waals surface area contributed by atoms with E-state index in [0.29, 0.717) is 28.4 Å². The number of carbonyl (C=O) groups is 3. The Morgan fingerprint density at radius 2 is 2.21 bits per heavy atom. The van der Waals surface area contributed by atoms with Gasteiger partial charge in [0.1, 0.15) is 0 Å². The van der Waals surface area contributed by atoms with E-state index in [9.17, 15) is 14.4 Å². The molecule has 2 rings (SSSR count). The molecular formula is C12H14ClN7O3S. The highest BCUT2D eigenvalue weighted by molar-refractivity contribution is 8.12. The Kier molecular flexibility index (Phi) is 6.23.